The topological polar surface area (TPSA) is 56.7 Å². The molecule has 0 saturated heterocycles. The molecule has 28 heavy (non-hydrogen) atoms. The Kier molecular flexibility index (Phi) is 5.48. The molecule has 0 amide bonds. The summed E-state index contributed by atoms with van der Waals surface area (Å²) in [4.78, 5) is 4.86. The summed E-state index contributed by atoms with van der Waals surface area (Å²) < 4.78 is 8.25. The van der Waals surface area contributed by atoms with Gasteiger partial charge in [0.15, 0.2) is 5.16 Å². The second-order valence-electron chi connectivity index (χ2n) is 7.29. The third-order valence-corrected chi connectivity index (χ3v) is 5.72. The third-order valence-electron chi connectivity index (χ3n) is 4.64. The maximum absolute atomic E-state index is 5.94. The summed E-state index contributed by atoms with van der Waals surface area (Å²) in [6.07, 6.45) is 1.11. The van der Waals surface area contributed by atoms with Crippen LogP contribution in [0, 0.1) is 5.92 Å². The van der Waals surface area contributed by atoms with Gasteiger partial charge in [-0.2, -0.15) is 0 Å². The summed E-state index contributed by atoms with van der Waals surface area (Å²) in [7, 11) is 0. The maximum atomic E-state index is 5.94. The number of imidazole rings is 1. The fraction of sp³-hybridized carbons (Fsp3) is 0.318. The van der Waals surface area contributed by atoms with Gasteiger partial charge in [-0.25, -0.2) is 4.98 Å². The van der Waals surface area contributed by atoms with Crippen molar-refractivity contribution < 1.29 is 4.42 Å². The molecule has 0 fully saturated rings. The Hall–Kier alpha value is -2.60. The third kappa shape index (κ3) is 3.97. The highest BCUT2D eigenvalue weighted by Gasteiger charge is 2.20. The van der Waals surface area contributed by atoms with Gasteiger partial charge in [-0.15, -0.1) is 10.2 Å². The number of hydrogen-bond acceptors (Lipinski definition) is 5. The maximum Gasteiger partial charge on any atom is 0.247 e. The minimum Gasteiger partial charge on any atom is -0.419 e. The molecule has 4 rings (SSSR count). The van der Waals surface area contributed by atoms with E-state index >= 15 is 0 Å². The average molecular weight is 393 g/mol. The number of thioether (sulfide) groups is 1. The van der Waals surface area contributed by atoms with E-state index in [1.807, 2.05) is 36.4 Å². The summed E-state index contributed by atoms with van der Waals surface area (Å²) in [6, 6.07) is 18.2. The fourth-order valence-corrected chi connectivity index (χ4v) is 4.03. The molecule has 0 N–H and O–H groups in total. The Morgan fingerprint density at radius 3 is 2.50 bits per heavy atom. The highest BCUT2D eigenvalue weighted by molar-refractivity contribution is 7.99. The lowest BCUT2D eigenvalue weighted by Gasteiger charge is -2.12. The first-order valence-corrected chi connectivity index (χ1v) is 10.5. The van der Waals surface area contributed by atoms with Crippen molar-refractivity contribution in [1.82, 2.24) is 19.7 Å². The van der Waals surface area contributed by atoms with Gasteiger partial charge in [-0.3, -0.25) is 0 Å². The summed E-state index contributed by atoms with van der Waals surface area (Å²) in [5.41, 5.74) is 3.13. The van der Waals surface area contributed by atoms with Crippen molar-refractivity contribution in [2.45, 2.75) is 44.1 Å². The van der Waals surface area contributed by atoms with Crippen LogP contribution in [-0.4, -0.2) is 19.7 Å². The normalized spacial score (nSPS) is 12.7. The largest absolute Gasteiger partial charge is 0.419 e. The molecule has 5 nitrogen and oxygen atoms in total. The number of benzene rings is 2. The molecular formula is C22H24N4OS. The molecule has 2 aromatic carbocycles. The van der Waals surface area contributed by atoms with Crippen LogP contribution < -0.4 is 0 Å². The molecule has 1 atom stereocenters. The molecule has 4 aromatic rings. The number of hydrogen-bond donors (Lipinski definition) is 0. The minimum atomic E-state index is 0.0135. The van der Waals surface area contributed by atoms with Gasteiger partial charge in [0.2, 0.25) is 11.8 Å². The number of rotatable bonds is 7. The van der Waals surface area contributed by atoms with Crippen LogP contribution in [0.25, 0.3) is 22.5 Å². The zero-order valence-corrected chi connectivity index (χ0v) is 17.2. The van der Waals surface area contributed by atoms with Crippen molar-refractivity contribution in [3.05, 3.63) is 60.5 Å². The molecule has 1 unspecified atom stereocenters. The molecule has 0 aliphatic rings. The minimum absolute atomic E-state index is 0.0135. The van der Waals surface area contributed by atoms with E-state index in [0.29, 0.717) is 17.7 Å². The van der Waals surface area contributed by atoms with Crippen LogP contribution in [0.2, 0.25) is 0 Å². The molecular weight excluding hydrogens is 368 g/mol. The number of fused-ring (bicyclic) bond motifs is 1. The molecule has 0 radical (unpaired) electrons. The van der Waals surface area contributed by atoms with E-state index in [-0.39, 0.29) is 5.25 Å². The lowest BCUT2D eigenvalue weighted by Crippen LogP contribution is -2.04. The van der Waals surface area contributed by atoms with Gasteiger partial charge in [0, 0.05) is 12.1 Å². The smallest absolute Gasteiger partial charge is 0.247 e. The van der Waals surface area contributed by atoms with Gasteiger partial charge < -0.3 is 8.98 Å². The van der Waals surface area contributed by atoms with Gasteiger partial charge in [0.25, 0.3) is 0 Å². The lowest BCUT2D eigenvalue weighted by molar-refractivity contribution is 0.499. The van der Waals surface area contributed by atoms with E-state index in [2.05, 4.69) is 53.7 Å². The number of nitrogens with zero attached hydrogens (tertiary/aromatic N) is 4. The highest BCUT2D eigenvalue weighted by atomic mass is 32.2. The van der Waals surface area contributed by atoms with Crippen molar-refractivity contribution in [1.29, 1.82) is 0 Å². The molecule has 0 saturated carbocycles. The van der Waals surface area contributed by atoms with Crippen molar-refractivity contribution in [2.24, 2.45) is 5.92 Å². The Balaban J connectivity index is 1.59. The van der Waals surface area contributed by atoms with Crippen LogP contribution in [0.4, 0.5) is 0 Å². The van der Waals surface area contributed by atoms with Crippen LogP contribution >= 0.6 is 11.8 Å². The molecule has 2 heterocycles. The van der Waals surface area contributed by atoms with Crippen molar-refractivity contribution in [2.75, 3.05) is 0 Å². The number of aromatic nitrogens is 4. The predicted molar refractivity (Wildman–Crippen MR) is 113 cm³/mol. The average Bonchev–Trinajstić information content (AvgIpc) is 3.32. The standard InChI is InChI=1S/C22H24N4OS/c1-15(2)13-14-26-19-12-8-7-11-18(19)23-22(26)28-16(3)20-24-25-21(27-20)17-9-5-4-6-10-17/h4-12,15-16H,13-14H2,1-3H3. The van der Waals surface area contributed by atoms with Crippen molar-refractivity contribution in [3.63, 3.8) is 0 Å². The Bertz CT molecular complexity index is 1050. The van der Waals surface area contributed by atoms with E-state index in [1.165, 1.54) is 5.52 Å². The SMILES string of the molecule is CC(C)CCn1c(SC(C)c2nnc(-c3ccccc3)o2)nc2ccccc21. The Morgan fingerprint density at radius 1 is 0.964 bits per heavy atom. The number of para-hydroxylation sites is 2. The first-order valence-electron chi connectivity index (χ1n) is 9.62. The van der Waals surface area contributed by atoms with E-state index in [0.717, 1.165) is 29.2 Å². The van der Waals surface area contributed by atoms with E-state index < -0.39 is 0 Å². The zero-order chi connectivity index (χ0) is 19.5. The lowest BCUT2D eigenvalue weighted by atomic mass is 10.1. The van der Waals surface area contributed by atoms with Crippen LogP contribution in [0.3, 0.4) is 0 Å². The Labute approximate surface area is 169 Å². The van der Waals surface area contributed by atoms with Gasteiger partial charge in [-0.1, -0.05) is 55.9 Å². The van der Waals surface area contributed by atoms with Crippen LogP contribution in [0.5, 0.6) is 0 Å². The van der Waals surface area contributed by atoms with Crippen LogP contribution in [0.15, 0.2) is 64.2 Å². The van der Waals surface area contributed by atoms with Crippen molar-refractivity contribution in [3.8, 4) is 11.5 Å². The summed E-state index contributed by atoms with van der Waals surface area (Å²) in [6.45, 7) is 7.53. The second kappa shape index (κ2) is 8.19. The molecule has 144 valence electrons. The second-order valence-corrected chi connectivity index (χ2v) is 8.60. The van der Waals surface area contributed by atoms with Gasteiger partial charge >= 0.3 is 0 Å². The quantitative estimate of drug-likeness (QED) is 0.362. The number of aryl methyl sites for hydroxylation is 1. The zero-order valence-electron chi connectivity index (χ0n) is 16.4. The van der Waals surface area contributed by atoms with E-state index in [9.17, 15) is 0 Å². The van der Waals surface area contributed by atoms with Crippen molar-refractivity contribution >= 4 is 22.8 Å². The molecule has 6 heteroatoms. The van der Waals surface area contributed by atoms with Crippen LogP contribution in [0.1, 0.15) is 38.3 Å². The van der Waals surface area contributed by atoms with Gasteiger partial charge in [-0.05, 0) is 43.5 Å². The summed E-state index contributed by atoms with van der Waals surface area (Å²) >= 11 is 1.66. The Morgan fingerprint density at radius 2 is 1.71 bits per heavy atom. The van der Waals surface area contributed by atoms with E-state index in [1.54, 1.807) is 11.8 Å². The van der Waals surface area contributed by atoms with Gasteiger partial charge in [0.05, 0.1) is 16.3 Å². The monoisotopic (exact) mass is 392 g/mol. The molecule has 2 aromatic heterocycles. The first kappa shape index (κ1) is 18.7. The molecule has 0 aliphatic carbocycles. The van der Waals surface area contributed by atoms with Crippen LogP contribution in [-0.2, 0) is 6.54 Å². The van der Waals surface area contributed by atoms with E-state index in [4.69, 9.17) is 9.40 Å². The predicted octanol–water partition coefficient (Wildman–Crippen LogP) is 5.99. The fourth-order valence-electron chi connectivity index (χ4n) is 3.05. The molecule has 0 spiro atoms. The summed E-state index contributed by atoms with van der Waals surface area (Å²) in [5, 5.41) is 9.50. The first-order chi connectivity index (χ1) is 13.6. The highest BCUT2D eigenvalue weighted by Crippen LogP contribution is 2.36. The van der Waals surface area contributed by atoms with Gasteiger partial charge in [0.1, 0.15) is 0 Å². The summed E-state index contributed by atoms with van der Waals surface area (Å²) in [5.74, 6) is 1.81. The molecule has 0 aliphatic heterocycles. The molecule has 0 bridgehead atoms.